The number of carbonyl (C=O) groups is 2. The fraction of sp³-hybridized carbons (Fsp3) is 0.467. The van der Waals surface area contributed by atoms with E-state index in [0.717, 1.165) is 24.8 Å². The highest BCUT2D eigenvalue weighted by Gasteiger charge is 2.64. The van der Waals surface area contributed by atoms with E-state index < -0.39 is 47.2 Å². The SMILES string of the molecule is C=C(C[C@H](OC(=O)[C@@](OC)(c1ccccc1)C(F)(F)F)[C@H](Cc1ccccc1)NC(=O)OC(C)(C)C)C(C)C. The molecule has 0 aliphatic heterocycles. The fourth-order valence-electron chi connectivity index (χ4n) is 3.97. The van der Waals surface area contributed by atoms with Crippen LogP contribution in [0.2, 0.25) is 0 Å². The molecule has 3 atom stereocenters. The third-order valence-electron chi connectivity index (χ3n) is 6.16. The van der Waals surface area contributed by atoms with Crippen LogP contribution < -0.4 is 5.32 Å². The summed E-state index contributed by atoms with van der Waals surface area (Å²) < 4.78 is 59.7. The molecule has 0 bridgehead atoms. The third-order valence-corrected chi connectivity index (χ3v) is 6.16. The van der Waals surface area contributed by atoms with Gasteiger partial charge < -0.3 is 19.5 Å². The number of hydrogen-bond donors (Lipinski definition) is 1. The molecule has 6 nitrogen and oxygen atoms in total. The van der Waals surface area contributed by atoms with Crippen molar-refractivity contribution in [2.45, 2.75) is 77.0 Å². The summed E-state index contributed by atoms with van der Waals surface area (Å²) in [4.78, 5) is 26.3. The molecule has 0 aromatic heterocycles. The van der Waals surface area contributed by atoms with E-state index in [4.69, 9.17) is 14.2 Å². The topological polar surface area (TPSA) is 73.9 Å². The number of rotatable bonds is 11. The number of halogens is 3. The molecule has 1 amide bonds. The van der Waals surface area contributed by atoms with Crippen LogP contribution in [0.3, 0.4) is 0 Å². The summed E-state index contributed by atoms with van der Waals surface area (Å²) in [6.07, 6.45) is -7.01. The minimum atomic E-state index is -5.15. The second-order valence-corrected chi connectivity index (χ2v) is 10.7. The molecule has 0 aliphatic carbocycles. The normalized spacial score (nSPS) is 15.1. The van der Waals surface area contributed by atoms with Crippen LogP contribution in [0.4, 0.5) is 18.0 Å². The van der Waals surface area contributed by atoms with Crippen molar-refractivity contribution < 1.29 is 37.0 Å². The van der Waals surface area contributed by atoms with Crippen LogP contribution in [0, 0.1) is 5.92 Å². The zero-order chi connectivity index (χ0) is 29.4. The molecular weight excluding hydrogens is 511 g/mol. The lowest BCUT2D eigenvalue weighted by Crippen LogP contribution is -2.55. The molecule has 9 heteroatoms. The number of ether oxygens (including phenoxy) is 3. The average molecular weight is 550 g/mol. The Morgan fingerprint density at radius 1 is 0.949 bits per heavy atom. The van der Waals surface area contributed by atoms with Crippen LogP contribution in [0.1, 0.15) is 52.2 Å². The molecule has 2 aromatic rings. The van der Waals surface area contributed by atoms with E-state index in [1.165, 1.54) is 18.2 Å². The molecule has 0 heterocycles. The van der Waals surface area contributed by atoms with Gasteiger partial charge in [-0.25, -0.2) is 9.59 Å². The molecular formula is C30H38F3NO5. The van der Waals surface area contributed by atoms with Crippen LogP contribution in [-0.4, -0.2) is 43.1 Å². The first-order chi connectivity index (χ1) is 18.1. The summed E-state index contributed by atoms with van der Waals surface area (Å²) in [5.74, 6) is -1.71. The second kappa shape index (κ2) is 13.2. The summed E-state index contributed by atoms with van der Waals surface area (Å²) >= 11 is 0. The van der Waals surface area contributed by atoms with Crippen molar-refractivity contribution in [2.75, 3.05) is 7.11 Å². The van der Waals surface area contributed by atoms with Crippen molar-refractivity contribution in [3.63, 3.8) is 0 Å². The fourth-order valence-corrected chi connectivity index (χ4v) is 3.97. The molecule has 0 aliphatic rings. The first-order valence-electron chi connectivity index (χ1n) is 12.7. The van der Waals surface area contributed by atoms with E-state index in [2.05, 4.69) is 11.9 Å². The maximum Gasteiger partial charge on any atom is 0.432 e. The van der Waals surface area contributed by atoms with Crippen molar-refractivity contribution in [1.29, 1.82) is 0 Å². The number of methoxy groups -OCH3 is 1. The lowest BCUT2D eigenvalue weighted by molar-refractivity contribution is -0.278. The van der Waals surface area contributed by atoms with Gasteiger partial charge in [0.05, 0.1) is 6.04 Å². The lowest BCUT2D eigenvalue weighted by atomic mass is 9.90. The maximum atomic E-state index is 14.6. The Labute approximate surface area is 228 Å². The van der Waals surface area contributed by atoms with Crippen molar-refractivity contribution in [3.05, 3.63) is 83.9 Å². The van der Waals surface area contributed by atoms with Gasteiger partial charge in [-0.3, -0.25) is 0 Å². The molecule has 214 valence electrons. The molecule has 39 heavy (non-hydrogen) atoms. The van der Waals surface area contributed by atoms with Crippen LogP contribution in [0.5, 0.6) is 0 Å². The van der Waals surface area contributed by atoms with Gasteiger partial charge in [0.25, 0.3) is 5.60 Å². The van der Waals surface area contributed by atoms with E-state index >= 15 is 0 Å². The lowest BCUT2D eigenvalue weighted by Gasteiger charge is -2.36. The number of amides is 1. The number of esters is 1. The van der Waals surface area contributed by atoms with Crippen LogP contribution in [-0.2, 0) is 31.0 Å². The minimum absolute atomic E-state index is 0.00312. The monoisotopic (exact) mass is 549 g/mol. The Morgan fingerprint density at radius 3 is 1.95 bits per heavy atom. The molecule has 0 unspecified atom stereocenters. The van der Waals surface area contributed by atoms with E-state index in [9.17, 15) is 22.8 Å². The van der Waals surface area contributed by atoms with Gasteiger partial charge in [-0.05, 0) is 38.7 Å². The quantitative estimate of drug-likeness (QED) is 0.248. The summed E-state index contributed by atoms with van der Waals surface area (Å²) in [6.45, 7) is 12.8. The molecule has 2 rings (SSSR count). The van der Waals surface area contributed by atoms with Crippen molar-refractivity contribution >= 4 is 12.1 Å². The Kier molecular flexibility index (Phi) is 10.8. The Bertz CT molecular complexity index is 1100. The van der Waals surface area contributed by atoms with Gasteiger partial charge in [0, 0.05) is 19.1 Å². The predicted octanol–water partition coefficient (Wildman–Crippen LogP) is 6.74. The predicted molar refractivity (Wildman–Crippen MR) is 143 cm³/mol. The number of carbonyl (C=O) groups excluding carboxylic acids is 2. The zero-order valence-corrected chi connectivity index (χ0v) is 23.3. The standard InChI is InChI=1S/C30H38F3NO5/c1-20(2)21(3)18-25(24(19-22-14-10-8-11-15-22)34-27(36)39-28(4,5)6)38-26(35)29(37-7,30(31,32)33)23-16-12-9-13-17-23/h8-17,20,24-25H,3,18-19H2,1-2,4-7H3,(H,34,36)/t24-,25-,29-/m0/s1. The number of hydrogen-bond acceptors (Lipinski definition) is 5. The molecule has 0 saturated carbocycles. The van der Waals surface area contributed by atoms with Gasteiger partial charge in [-0.2, -0.15) is 13.2 Å². The van der Waals surface area contributed by atoms with Crippen LogP contribution >= 0.6 is 0 Å². The zero-order valence-electron chi connectivity index (χ0n) is 23.3. The third kappa shape index (κ3) is 8.58. The maximum absolute atomic E-state index is 14.6. The largest absolute Gasteiger partial charge is 0.457 e. The van der Waals surface area contributed by atoms with Crippen molar-refractivity contribution in [1.82, 2.24) is 5.32 Å². The van der Waals surface area contributed by atoms with E-state index in [1.807, 2.05) is 19.9 Å². The van der Waals surface area contributed by atoms with Gasteiger partial charge in [0.1, 0.15) is 11.7 Å². The molecule has 0 spiro atoms. The second-order valence-electron chi connectivity index (χ2n) is 10.7. The first-order valence-corrected chi connectivity index (χ1v) is 12.7. The highest BCUT2D eigenvalue weighted by Crippen LogP contribution is 2.43. The van der Waals surface area contributed by atoms with Crippen LogP contribution in [0.15, 0.2) is 72.8 Å². The first kappa shape index (κ1) is 31.9. The number of nitrogens with one attached hydrogen (secondary N) is 1. The van der Waals surface area contributed by atoms with E-state index in [0.29, 0.717) is 5.57 Å². The van der Waals surface area contributed by atoms with E-state index in [1.54, 1.807) is 45.0 Å². The van der Waals surface area contributed by atoms with Crippen molar-refractivity contribution in [3.8, 4) is 0 Å². The number of alkyl carbamates (subject to hydrolysis) is 1. The summed E-state index contributed by atoms with van der Waals surface area (Å²) in [7, 11) is 0.810. The molecule has 2 aromatic carbocycles. The minimum Gasteiger partial charge on any atom is -0.457 e. The van der Waals surface area contributed by atoms with Gasteiger partial charge in [-0.1, -0.05) is 86.7 Å². The van der Waals surface area contributed by atoms with Gasteiger partial charge in [0.15, 0.2) is 0 Å². The highest BCUT2D eigenvalue weighted by atomic mass is 19.4. The van der Waals surface area contributed by atoms with Crippen LogP contribution in [0.25, 0.3) is 0 Å². The molecule has 1 N–H and O–H groups in total. The summed E-state index contributed by atoms with van der Waals surface area (Å²) in [5, 5.41) is 2.72. The molecule has 0 radical (unpaired) electrons. The van der Waals surface area contributed by atoms with Gasteiger partial charge in [-0.15, -0.1) is 0 Å². The highest BCUT2D eigenvalue weighted by molar-refractivity contribution is 5.83. The van der Waals surface area contributed by atoms with Gasteiger partial charge in [0.2, 0.25) is 0 Å². The summed E-state index contributed by atoms with van der Waals surface area (Å²) in [6, 6.07) is 14.7. The van der Waals surface area contributed by atoms with Crippen molar-refractivity contribution in [2.24, 2.45) is 5.92 Å². The number of benzene rings is 2. The molecule has 0 saturated heterocycles. The Balaban J connectivity index is 2.57. The smallest absolute Gasteiger partial charge is 0.432 e. The van der Waals surface area contributed by atoms with Gasteiger partial charge >= 0.3 is 18.2 Å². The summed E-state index contributed by atoms with van der Waals surface area (Å²) in [5.41, 5.74) is -3.23. The Hall–Kier alpha value is -3.33. The Morgan fingerprint density at radius 2 is 1.49 bits per heavy atom. The van der Waals surface area contributed by atoms with E-state index in [-0.39, 0.29) is 18.8 Å². The molecule has 0 fully saturated rings. The average Bonchev–Trinajstić information content (AvgIpc) is 2.83. The number of alkyl halides is 3.